The molecule has 0 aliphatic carbocycles. The van der Waals surface area contributed by atoms with E-state index in [9.17, 15) is 4.79 Å². The van der Waals surface area contributed by atoms with Crippen molar-refractivity contribution in [3.05, 3.63) is 29.7 Å². The van der Waals surface area contributed by atoms with Crippen molar-refractivity contribution >= 4 is 28.4 Å². The molecule has 2 rings (SSSR count). The largest absolute Gasteiger partial charge is 0.308 e. The van der Waals surface area contributed by atoms with E-state index in [-0.39, 0.29) is 11.6 Å². The number of hydrogen-bond acceptors (Lipinski definition) is 7. The van der Waals surface area contributed by atoms with E-state index in [1.165, 1.54) is 0 Å². The van der Waals surface area contributed by atoms with Crippen LogP contribution in [0.2, 0.25) is 0 Å². The minimum Gasteiger partial charge on any atom is -0.308 e. The summed E-state index contributed by atoms with van der Waals surface area (Å²) in [4.78, 5) is 19.8. The average Bonchev–Trinajstić information content (AvgIpc) is 2.75. The lowest BCUT2D eigenvalue weighted by Gasteiger charge is -2.02. The third-order valence-electron chi connectivity index (χ3n) is 1.88. The highest BCUT2D eigenvalue weighted by Gasteiger charge is 2.10. The summed E-state index contributed by atoms with van der Waals surface area (Å²) in [5.74, 6) is 5.90. The number of hydrazine groups is 1. The predicted octanol–water partition coefficient (Wildman–Crippen LogP) is 0.779. The standard InChI is InChI=1S/C9H10N6OS/c1-5-11-9(17-15-5)13-8(16)6-3-2-4-7(12-6)14-10/h2-4H,10H2,1H3,(H,12,14)(H,11,13,15,16). The molecule has 0 bridgehead atoms. The van der Waals surface area contributed by atoms with Gasteiger partial charge in [-0.3, -0.25) is 10.1 Å². The molecule has 8 heteroatoms. The van der Waals surface area contributed by atoms with Gasteiger partial charge in [0.1, 0.15) is 17.3 Å². The lowest BCUT2D eigenvalue weighted by molar-refractivity contribution is 0.102. The Morgan fingerprint density at radius 1 is 1.41 bits per heavy atom. The van der Waals surface area contributed by atoms with E-state index in [0.717, 1.165) is 11.5 Å². The molecule has 0 spiro atoms. The summed E-state index contributed by atoms with van der Waals surface area (Å²) in [5, 5.41) is 3.05. The van der Waals surface area contributed by atoms with Gasteiger partial charge in [-0.15, -0.1) is 0 Å². The second-order valence-corrected chi connectivity index (χ2v) is 3.91. The van der Waals surface area contributed by atoms with Crippen LogP contribution in [0, 0.1) is 6.92 Å². The van der Waals surface area contributed by atoms with Gasteiger partial charge in [-0.25, -0.2) is 15.8 Å². The molecule has 0 aliphatic rings. The zero-order chi connectivity index (χ0) is 12.3. The first-order chi connectivity index (χ1) is 8.19. The molecule has 4 N–H and O–H groups in total. The van der Waals surface area contributed by atoms with Gasteiger partial charge in [0.15, 0.2) is 0 Å². The first-order valence-electron chi connectivity index (χ1n) is 4.74. The minimum atomic E-state index is -0.349. The molecule has 0 saturated heterocycles. The van der Waals surface area contributed by atoms with Gasteiger partial charge in [-0.1, -0.05) is 6.07 Å². The van der Waals surface area contributed by atoms with Crippen molar-refractivity contribution in [1.82, 2.24) is 14.3 Å². The molecule has 0 saturated carbocycles. The second-order valence-electron chi connectivity index (χ2n) is 3.15. The smallest absolute Gasteiger partial charge is 0.276 e. The van der Waals surface area contributed by atoms with Crippen molar-refractivity contribution in [1.29, 1.82) is 0 Å². The number of pyridine rings is 1. The molecule has 0 atom stereocenters. The van der Waals surface area contributed by atoms with Gasteiger partial charge in [-0.2, -0.15) is 4.37 Å². The number of amides is 1. The summed E-state index contributed by atoms with van der Waals surface area (Å²) in [5.41, 5.74) is 2.63. The number of nitrogens with one attached hydrogen (secondary N) is 2. The normalized spacial score (nSPS) is 10.0. The number of carbonyl (C=O) groups excluding carboxylic acids is 1. The van der Waals surface area contributed by atoms with Crippen molar-refractivity contribution in [2.24, 2.45) is 5.84 Å². The molecular formula is C9H10N6OS. The topological polar surface area (TPSA) is 106 Å². The Bertz CT molecular complexity index is 540. The van der Waals surface area contributed by atoms with Gasteiger partial charge in [0.2, 0.25) is 5.13 Å². The first-order valence-corrected chi connectivity index (χ1v) is 5.51. The number of rotatable bonds is 3. The van der Waals surface area contributed by atoms with Gasteiger partial charge in [0.05, 0.1) is 0 Å². The van der Waals surface area contributed by atoms with Crippen LogP contribution in [-0.2, 0) is 0 Å². The van der Waals surface area contributed by atoms with Crippen LogP contribution in [0.15, 0.2) is 18.2 Å². The highest BCUT2D eigenvalue weighted by atomic mass is 32.1. The molecule has 1 amide bonds. The van der Waals surface area contributed by atoms with E-state index < -0.39 is 0 Å². The first kappa shape index (κ1) is 11.4. The predicted molar refractivity (Wildman–Crippen MR) is 64.6 cm³/mol. The van der Waals surface area contributed by atoms with Gasteiger partial charge >= 0.3 is 0 Å². The van der Waals surface area contributed by atoms with E-state index in [2.05, 4.69) is 25.1 Å². The van der Waals surface area contributed by atoms with Crippen LogP contribution in [0.1, 0.15) is 16.3 Å². The van der Waals surface area contributed by atoms with Crippen LogP contribution in [0.3, 0.4) is 0 Å². The molecule has 0 radical (unpaired) electrons. The van der Waals surface area contributed by atoms with Crippen LogP contribution in [-0.4, -0.2) is 20.2 Å². The Labute approximate surface area is 101 Å². The Kier molecular flexibility index (Phi) is 3.26. The van der Waals surface area contributed by atoms with Crippen LogP contribution in [0.25, 0.3) is 0 Å². The van der Waals surface area contributed by atoms with E-state index in [1.807, 2.05) is 0 Å². The zero-order valence-electron chi connectivity index (χ0n) is 8.97. The molecule has 17 heavy (non-hydrogen) atoms. The monoisotopic (exact) mass is 250 g/mol. The highest BCUT2D eigenvalue weighted by molar-refractivity contribution is 7.09. The molecule has 0 aliphatic heterocycles. The maximum atomic E-state index is 11.8. The molecule has 0 unspecified atom stereocenters. The summed E-state index contributed by atoms with van der Waals surface area (Å²) in [6.45, 7) is 1.75. The SMILES string of the molecule is Cc1nsc(NC(=O)c2cccc(NN)n2)n1. The van der Waals surface area contributed by atoms with E-state index in [1.54, 1.807) is 25.1 Å². The average molecular weight is 250 g/mol. The van der Waals surface area contributed by atoms with Crippen molar-refractivity contribution in [3.63, 3.8) is 0 Å². The van der Waals surface area contributed by atoms with E-state index in [4.69, 9.17) is 5.84 Å². The summed E-state index contributed by atoms with van der Waals surface area (Å²) in [6, 6.07) is 4.93. The zero-order valence-corrected chi connectivity index (χ0v) is 9.78. The molecule has 0 fully saturated rings. The van der Waals surface area contributed by atoms with Gasteiger partial charge in [-0.05, 0) is 19.1 Å². The summed E-state index contributed by atoms with van der Waals surface area (Å²) < 4.78 is 3.96. The molecular weight excluding hydrogens is 240 g/mol. The maximum Gasteiger partial charge on any atom is 0.276 e. The van der Waals surface area contributed by atoms with Crippen molar-refractivity contribution in [3.8, 4) is 0 Å². The third-order valence-corrected chi connectivity index (χ3v) is 2.60. The van der Waals surface area contributed by atoms with Gasteiger partial charge in [0.25, 0.3) is 5.91 Å². The van der Waals surface area contributed by atoms with Crippen LogP contribution in [0.5, 0.6) is 0 Å². The highest BCUT2D eigenvalue weighted by Crippen LogP contribution is 2.12. The lowest BCUT2D eigenvalue weighted by atomic mass is 10.3. The van der Waals surface area contributed by atoms with E-state index in [0.29, 0.717) is 16.8 Å². The molecule has 88 valence electrons. The van der Waals surface area contributed by atoms with Gasteiger partial charge < -0.3 is 5.43 Å². The fraction of sp³-hybridized carbons (Fsp3) is 0.111. The molecule has 2 aromatic rings. The maximum absolute atomic E-state index is 11.8. The Hall–Kier alpha value is -2.06. The second kappa shape index (κ2) is 4.85. The van der Waals surface area contributed by atoms with Crippen molar-refractivity contribution in [2.75, 3.05) is 10.7 Å². The summed E-state index contributed by atoms with van der Waals surface area (Å²) in [6.07, 6.45) is 0. The number of nitrogens with zero attached hydrogens (tertiary/aromatic N) is 3. The van der Waals surface area contributed by atoms with Crippen molar-refractivity contribution < 1.29 is 4.79 Å². The Morgan fingerprint density at radius 2 is 2.24 bits per heavy atom. The van der Waals surface area contributed by atoms with Crippen LogP contribution < -0.4 is 16.6 Å². The summed E-state index contributed by atoms with van der Waals surface area (Å²) >= 11 is 1.12. The number of nitrogens with two attached hydrogens (primary N) is 1. The number of nitrogen functional groups attached to an aromatic ring is 1. The third kappa shape index (κ3) is 2.74. The Balaban J connectivity index is 2.14. The minimum absolute atomic E-state index is 0.258. The fourth-order valence-corrected chi connectivity index (χ4v) is 1.72. The van der Waals surface area contributed by atoms with Crippen LogP contribution >= 0.6 is 11.5 Å². The summed E-state index contributed by atoms with van der Waals surface area (Å²) in [7, 11) is 0. The fourth-order valence-electron chi connectivity index (χ4n) is 1.15. The van der Waals surface area contributed by atoms with E-state index >= 15 is 0 Å². The lowest BCUT2D eigenvalue weighted by Crippen LogP contribution is -2.16. The van der Waals surface area contributed by atoms with Gasteiger partial charge in [0, 0.05) is 11.5 Å². The van der Waals surface area contributed by atoms with Crippen molar-refractivity contribution in [2.45, 2.75) is 6.92 Å². The Morgan fingerprint density at radius 3 is 2.88 bits per heavy atom. The number of anilines is 2. The number of aromatic nitrogens is 3. The number of hydrogen-bond donors (Lipinski definition) is 3. The molecule has 2 heterocycles. The molecule has 7 nitrogen and oxygen atoms in total. The molecule has 2 aromatic heterocycles. The van der Waals surface area contributed by atoms with Crippen LogP contribution in [0.4, 0.5) is 10.9 Å². The number of aryl methyl sites for hydroxylation is 1. The number of carbonyl (C=O) groups is 1. The molecule has 0 aromatic carbocycles. The quantitative estimate of drug-likeness (QED) is 0.549.